The van der Waals surface area contributed by atoms with Gasteiger partial charge >= 0.3 is 0 Å². The summed E-state index contributed by atoms with van der Waals surface area (Å²) in [6.45, 7) is 0. The minimum absolute atomic E-state index is 0.289. The van der Waals surface area contributed by atoms with E-state index in [1.807, 2.05) is 30.5 Å². The van der Waals surface area contributed by atoms with Crippen LogP contribution in [-0.4, -0.2) is 15.0 Å². The predicted molar refractivity (Wildman–Crippen MR) is 95.3 cm³/mol. The minimum atomic E-state index is -0.289. The Labute approximate surface area is 147 Å². The van der Waals surface area contributed by atoms with Crippen LogP contribution in [0.25, 0.3) is 22.8 Å². The highest BCUT2D eigenvalue weighted by molar-refractivity contribution is 9.10. The van der Waals surface area contributed by atoms with E-state index in [0.29, 0.717) is 11.4 Å². The van der Waals surface area contributed by atoms with Gasteiger partial charge in [-0.1, -0.05) is 40.2 Å². The van der Waals surface area contributed by atoms with Gasteiger partial charge in [0.15, 0.2) is 5.82 Å². The molecule has 0 radical (unpaired) electrons. The molecule has 1 N–H and O–H groups in total. The Bertz CT molecular complexity index is 963. The van der Waals surface area contributed by atoms with E-state index in [9.17, 15) is 4.39 Å². The number of hydrogen-bond acceptors (Lipinski definition) is 2. The number of nitrogens with zero attached hydrogens (tertiary/aromatic N) is 2. The lowest BCUT2D eigenvalue weighted by Gasteiger charge is -2.06. The number of aromatic nitrogens is 3. The fraction of sp³-hybridized carbons (Fsp3) is 0.0526. The Balaban J connectivity index is 1.74. The SMILES string of the molecule is Fc1cccc(-c2nc3cc[nH]c(Cc4ccc(Br)cc4)c-3n2)c1. The summed E-state index contributed by atoms with van der Waals surface area (Å²) in [6, 6.07) is 16.4. The van der Waals surface area contributed by atoms with Gasteiger partial charge in [0.05, 0.1) is 5.69 Å². The first-order valence-electron chi connectivity index (χ1n) is 7.53. The molecule has 0 saturated carbocycles. The van der Waals surface area contributed by atoms with Gasteiger partial charge in [0.2, 0.25) is 0 Å². The number of halogens is 2. The molecule has 5 heteroatoms. The van der Waals surface area contributed by atoms with Crippen LogP contribution >= 0.6 is 15.9 Å². The molecule has 0 bridgehead atoms. The van der Waals surface area contributed by atoms with Crippen LogP contribution in [0, 0.1) is 5.82 Å². The van der Waals surface area contributed by atoms with Crippen LogP contribution in [0.1, 0.15) is 11.3 Å². The van der Waals surface area contributed by atoms with Gasteiger partial charge < -0.3 is 4.98 Å². The van der Waals surface area contributed by atoms with Crippen molar-refractivity contribution in [3.05, 3.63) is 82.3 Å². The quantitative estimate of drug-likeness (QED) is 0.538. The number of rotatable bonds is 3. The van der Waals surface area contributed by atoms with Crippen molar-refractivity contribution < 1.29 is 4.39 Å². The molecule has 118 valence electrons. The lowest BCUT2D eigenvalue weighted by atomic mass is 10.1. The number of benzene rings is 2. The second-order valence-electron chi connectivity index (χ2n) is 5.55. The van der Waals surface area contributed by atoms with Gasteiger partial charge in [-0.3, -0.25) is 0 Å². The zero-order valence-corrected chi connectivity index (χ0v) is 14.2. The summed E-state index contributed by atoms with van der Waals surface area (Å²) in [5, 5.41) is 0. The van der Waals surface area contributed by atoms with E-state index in [1.165, 1.54) is 17.7 Å². The van der Waals surface area contributed by atoms with Gasteiger partial charge in [-0.25, -0.2) is 14.4 Å². The highest BCUT2D eigenvalue weighted by Gasteiger charge is 2.16. The average molecular weight is 382 g/mol. The number of imidazole rings is 1. The molecule has 0 aliphatic carbocycles. The lowest BCUT2D eigenvalue weighted by molar-refractivity contribution is 0.628. The van der Waals surface area contributed by atoms with Crippen LogP contribution < -0.4 is 0 Å². The molecule has 0 atom stereocenters. The Morgan fingerprint density at radius 2 is 1.83 bits per heavy atom. The summed E-state index contributed by atoms with van der Waals surface area (Å²) < 4.78 is 14.5. The highest BCUT2D eigenvalue weighted by atomic mass is 79.9. The zero-order valence-electron chi connectivity index (χ0n) is 12.6. The van der Waals surface area contributed by atoms with Crippen molar-refractivity contribution in [3.8, 4) is 22.8 Å². The summed E-state index contributed by atoms with van der Waals surface area (Å²) >= 11 is 3.44. The number of aromatic amines is 1. The smallest absolute Gasteiger partial charge is 0.160 e. The first-order valence-corrected chi connectivity index (χ1v) is 8.33. The monoisotopic (exact) mass is 381 g/mol. The van der Waals surface area contributed by atoms with Gasteiger partial charge in [0.25, 0.3) is 0 Å². The molecule has 0 saturated heterocycles. The molecule has 2 heterocycles. The minimum Gasteiger partial charge on any atom is -0.363 e. The zero-order chi connectivity index (χ0) is 16.5. The number of pyridine rings is 1. The molecule has 0 amide bonds. The molecule has 0 fully saturated rings. The molecule has 24 heavy (non-hydrogen) atoms. The largest absolute Gasteiger partial charge is 0.363 e. The summed E-state index contributed by atoms with van der Waals surface area (Å²) in [5.74, 6) is 0.254. The van der Waals surface area contributed by atoms with Crippen molar-refractivity contribution in [2.45, 2.75) is 6.42 Å². The average Bonchev–Trinajstić information content (AvgIpc) is 3.02. The van der Waals surface area contributed by atoms with Gasteiger partial charge in [-0.2, -0.15) is 0 Å². The van der Waals surface area contributed by atoms with Gasteiger partial charge in [-0.15, -0.1) is 0 Å². The lowest BCUT2D eigenvalue weighted by Crippen LogP contribution is -1.96. The fourth-order valence-electron chi connectivity index (χ4n) is 2.68. The van der Waals surface area contributed by atoms with Crippen molar-refractivity contribution in [1.29, 1.82) is 0 Å². The number of fused-ring (bicyclic) bond motifs is 1. The standard InChI is InChI=1S/C19H13BrFN3/c20-14-6-4-12(5-7-14)10-17-18-16(8-9-22-17)23-19(24-18)13-2-1-3-15(21)11-13/h1-9,11,22H,10H2. The summed E-state index contributed by atoms with van der Waals surface area (Å²) in [6.07, 6.45) is 2.59. The summed E-state index contributed by atoms with van der Waals surface area (Å²) in [7, 11) is 0. The van der Waals surface area contributed by atoms with Crippen LogP contribution in [0.3, 0.4) is 0 Å². The molecule has 2 aromatic rings. The van der Waals surface area contributed by atoms with E-state index < -0.39 is 0 Å². The van der Waals surface area contributed by atoms with Gasteiger partial charge in [-0.05, 0) is 35.9 Å². The fourth-order valence-corrected chi connectivity index (χ4v) is 2.95. The summed E-state index contributed by atoms with van der Waals surface area (Å²) in [5.41, 5.74) is 4.47. The van der Waals surface area contributed by atoms with Crippen molar-refractivity contribution in [2.75, 3.05) is 0 Å². The molecule has 0 spiro atoms. The molecule has 0 aromatic heterocycles. The Hall–Kier alpha value is -2.53. The highest BCUT2D eigenvalue weighted by Crippen LogP contribution is 2.28. The van der Waals surface area contributed by atoms with E-state index >= 15 is 0 Å². The topological polar surface area (TPSA) is 41.6 Å². The first-order chi connectivity index (χ1) is 11.7. The van der Waals surface area contributed by atoms with Crippen LogP contribution in [0.15, 0.2) is 65.3 Å². The Morgan fingerprint density at radius 1 is 1.00 bits per heavy atom. The number of hydrogen-bond donors (Lipinski definition) is 1. The maximum Gasteiger partial charge on any atom is 0.160 e. The first kappa shape index (κ1) is 15.0. The second-order valence-corrected chi connectivity index (χ2v) is 6.47. The van der Waals surface area contributed by atoms with Crippen LogP contribution in [-0.2, 0) is 6.42 Å². The van der Waals surface area contributed by atoms with E-state index in [4.69, 9.17) is 0 Å². The van der Waals surface area contributed by atoms with Crippen molar-refractivity contribution in [3.63, 3.8) is 0 Å². The maximum absolute atomic E-state index is 13.4. The third-order valence-electron chi connectivity index (χ3n) is 3.85. The molecule has 2 aliphatic heterocycles. The Morgan fingerprint density at radius 3 is 2.62 bits per heavy atom. The second kappa shape index (κ2) is 6.17. The molecular formula is C19H13BrFN3. The van der Waals surface area contributed by atoms with E-state index in [0.717, 1.165) is 28.0 Å². The molecule has 3 nitrogen and oxygen atoms in total. The third-order valence-corrected chi connectivity index (χ3v) is 4.38. The van der Waals surface area contributed by atoms with Gasteiger partial charge in [0, 0.05) is 28.3 Å². The van der Waals surface area contributed by atoms with Crippen LogP contribution in [0.2, 0.25) is 0 Å². The van der Waals surface area contributed by atoms with Crippen molar-refractivity contribution in [2.24, 2.45) is 0 Å². The predicted octanol–water partition coefficient (Wildman–Crippen LogP) is 5.07. The third kappa shape index (κ3) is 2.95. The molecule has 0 unspecified atom stereocenters. The molecular weight excluding hydrogens is 369 g/mol. The van der Waals surface area contributed by atoms with Crippen LogP contribution in [0.4, 0.5) is 4.39 Å². The molecule has 2 aliphatic rings. The Kier molecular flexibility index (Phi) is 3.86. The van der Waals surface area contributed by atoms with E-state index in [1.54, 1.807) is 6.07 Å². The van der Waals surface area contributed by atoms with Crippen molar-refractivity contribution in [1.82, 2.24) is 15.0 Å². The van der Waals surface area contributed by atoms with E-state index in [2.05, 4.69) is 43.0 Å². The van der Waals surface area contributed by atoms with Crippen LogP contribution in [0.5, 0.6) is 0 Å². The number of H-pyrrole nitrogens is 1. The van der Waals surface area contributed by atoms with Gasteiger partial charge in [0.1, 0.15) is 11.5 Å². The number of nitrogens with one attached hydrogen (secondary N) is 1. The normalized spacial score (nSPS) is 11.1. The van der Waals surface area contributed by atoms with Crippen molar-refractivity contribution >= 4 is 15.9 Å². The molecule has 2 aromatic carbocycles. The van der Waals surface area contributed by atoms with E-state index in [-0.39, 0.29) is 5.82 Å². The molecule has 4 rings (SSSR count). The summed E-state index contributed by atoms with van der Waals surface area (Å²) in [4.78, 5) is 12.4. The maximum atomic E-state index is 13.4.